The molecule has 0 amide bonds. The van der Waals surface area contributed by atoms with Gasteiger partial charge in [-0.15, -0.1) is 0 Å². The number of hydrogen-bond donors (Lipinski definition) is 1. The molecule has 0 saturated carbocycles. The summed E-state index contributed by atoms with van der Waals surface area (Å²) in [5, 5.41) is 9.50. The molecule has 2 aromatic carbocycles. The quantitative estimate of drug-likeness (QED) is 0.686. The van der Waals surface area contributed by atoms with Gasteiger partial charge >= 0.3 is 0 Å². The third kappa shape index (κ3) is 3.84. The van der Waals surface area contributed by atoms with Crippen LogP contribution in [0.1, 0.15) is 31.0 Å². The Labute approximate surface area is 183 Å². The molecule has 0 saturated heterocycles. The Bertz CT molecular complexity index is 1360. The average molecular weight is 434 g/mol. The largest absolute Gasteiger partial charge is 0.508 e. The minimum Gasteiger partial charge on any atom is -0.508 e. The molecule has 1 aliphatic heterocycles. The number of allylic oxidation sites excluding steroid dienone is 2. The number of carbonyl (C=O) groups is 1. The molecule has 0 fully saturated rings. The van der Waals surface area contributed by atoms with Gasteiger partial charge in [0.2, 0.25) is 0 Å². The SMILES string of the molecule is CC(=O)C1=C(C)N=c2s/c(=C/c3ccc(O)cc3)c(=O)n2[C@@H]1c1ccc(N(C)C)cc1. The molecule has 31 heavy (non-hydrogen) atoms. The molecule has 0 bridgehead atoms. The van der Waals surface area contributed by atoms with Gasteiger partial charge in [0, 0.05) is 31.1 Å². The first-order valence-electron chi connectivity index (χ1n) is 9.86. The number of fused-ring (bicyclic) bond motifs is 1. The molecule has 0 aliphatic carbocycles. The summed E-state index contributed by atoms with van der Waals surface area (Å²) in [7, 11) is 3.93. The molecular weight excluding hydrogens is 410 g/mol. The van der Waals surface area contributed by atoms with Crippen molar-refractivity contribution in [3.8, 4) is 5.75 Å². The van der Waals surface area contributed by atoms with Crippen LogP contribution in [0.3, 0.4) is 0 Å². The molecule has 0 radical (unpaired) electrons. The standard InChI is InChI=1S/C24H23N3O3S/c1-14-21(15(2)28)22(17-7-9-18(10-8-17)26(3)4)27-23(30)20(31-24(27)25-14)13-16-5-11-19(29)12-6-16/h5-13,22,29H,1-4H3/b20-13+/t22-/m1/s1. The summed E-state index contributed by atoms with van der Waals surface area (Å²) in [4.78, 5) is 33.1. The molecule has 6 nitrogen and oxygen atoms in total. The fourth-order valence-electron chi connectivity index (χ4n) is 3.76. The number of phenols is 1. The lowest BCUT2D eigenvalue weighted by molar-refractivity contribution is -0.114. The molecule has 0 unspecified atom stereocenters. The normalized spacial score (nSPS) is 16.1. The highest BCUT2D eigenvalue weighted by Crippen LogP contribution is 2.31. The number of benzene rings is 2. The number of Topliss-reactive ketones (excluding diaryl/α,β-unsaturated/α-hetero) is 1. The van der Waals surface area contributed by atoms with E-state index in [-0.39, 0.29) is 17.1 Å². The van der Waals surface area contributed by atoms with Gasteiger partial charge in [-0.3, -0.25) is 14.2 Å². The molecule has 158 valence electrons. The third-order valence-corrected chi connectivity index (χ3v) is 6.30. The number of anilines is 1. The van der Waals surface area contributed by atoms with Crippen LogP contribution in [0.5, 0.6) is 5.75 Å². The second kappa shape index (κ2) is 8.00. The lowest BCUT2D eigenvalue weighted by Crippen LogP contribution is -2.39. The number of hydrogen-bond acceptors (Lipinski definition) is 6. The van der Waals surface area contributed by atoms with E-state index in [1.807, 2.05) is 50.2 Å². The molecule has 1 N–H and O–H groups in total. The Hall–Kier alpha value is -3.45. The second-order valence-corrected chi connectivity index (χ2v) is 8.72. The Morgan fingerprint density at radius 2 is 1.77 bits per heavy atom. The van der Waals surface area contributed by atoms with Crippen molar-refractivity contribution in [3.05, 3.63) is 90.6 Å². The molecule has 1 aliphatic rings. The summed E-state index contributed by atoms with van der Waals surface area (Å²) in [5.41, 5.74) is 3.67. The first-order chi connectivity index (χ1) is 14.8. The Balaban J connectivity index is 1.93. The zero-order valence-electron chi connectivity index (χ0n) is 17.8. The molecule has 1 aromatic heterocycles. The second-order valence-electron chi connectivity index (χ2n) is 7.72. The first kappa shape index (κ1) is 20.8. The zero-order valence-corrected chi connectivity index (χ0v) is 18.6. The van der Waals surface area contributed by atoms with Gasteiger partial charge in [0.25, 0.3) is 5.56 Å². The minimum atomic E-state index is -0.521. The van der Waals surface area contributed by atoms with E-state index in [9.17, 15) is 14.7 Å². The van der Waals surface area contributed by atoms with Gasteiger partial charge in [-0.25, -0.2) is 4.99 Å². The van der Waals surface area contributed by atoms with E-state index in [4.69, 9.17) is 0 Å². The van der Waals surface area contributed by atoms with Gasteiger partial charge in [-0.1, -0.05) is 35.6 Å². The predicted octanol–water partition coefficient (Wildman–Crippen LogP) is 2.60. The van der Waals surface area contributed by atoms with Crippen molar-refractivity contribution in [2.24, 2.45) is 4.99 Å². The van der Waals surface area contributed by atoms with Crippen molar-refractivity contribution in [1.82, 2.24) is 4.57 Å². The highest BCUT2D eigenvalue weighted by atomic mass is 32.1. The summed E-state index contributed by atoms with van der Waals surface area (Å²) < 4.78 is 2.14. The van der Waals surface area contributed by atoms with Gasteiger partial charge in [-0.05, 0) is 55.3 Å². The molecule has 3 aromatic rings. The maximum Gasteiger partial charge on any atom is 0.271 e. The number of phenolic OH excluding ortho intramolecular Hbond substituents is 1. The topological polar surface area (TPSA) is 74.9 Å². The lowest BCUT2D eigenvalue weighted by atomic mass is 9.93. The molecule has 1 atom stereocenters. The van der Waals surface area contributed by atoms with Crippen LogP contribution in [0.25, 0.3) is 6.08 Å². The van der Waals surface area contributed by atoms with Crippen LogP contribution in [0, 0.1) is 0 Å². The summed E-state index contributed by atoms with van der Waals surface area (Å²) in [6, 6.07) is 14.0. The van der Waals surface area contributed by atoms with E-state index in [1.54, 1.807) is 34.9 Å². The highest BCUT2D eigenvalue weighted by molar-refractivity contribution is 7.07. The molecule has 2 heterocycles. The Morgan fingerprint density at radius 1 is 1.13 bits per heavy atom. The maximum absolute atomic E-state index is 13.4. The van der Waals surface area contributed by atoms with Crippen molar-refractivity contribution >= 4 is 28.9 Å². The monoisotopic (exact) mass is 433 g/mol. The van der Waals surface area contributed by atoms with Crippen molar-refractivity contribution < 1.29 is 9.90 Å². The van der Waals surface area contributed by atoms with Crippen LogP contribution in [0.15, 0.2) is 69.6 Å². The summed E-state index contributed by atoms with van der Waals surface area (Å²) in [5.74, 6) is 0.0669. The van der Waals surface area contributed by atoms with Gasteiger partial charge in [0.1, 0.15) is 5.75 Å². The van der Waals surface area contributed by atoms with Crippen molar-refractivity contribution in [3.63, 3.8) is 0 Å². The smallest absolute Gasteiger partial charge is 0.271 e. The zero-order chi connectivity index (χ0) is 22.3. The van der Waals surface area contributed by atoms with Gasteiger partial charge < -0.3 is 10.0 Å². The third-order valence-electron chi connectivity index (χ3n) is 5.32. The molecule has 4 rings (SSSR count). The highest BCUT2D eigenvalue weighted by Gasteiger charge is 2.30. The van der Waals surface area contributed by atoms with Crippen molar-refractivity contribution in [2.75, 3.05) is 19.0 Å². The van der Waals surface area contributed by atoms with Crippen LogP contribution in [-0.4, -0.2) is 29.6 Å². The minimum absolute atomic E-state index is 0.101. The van der Waals surface area contributed by atoms with Gasteiger partial charge in [0.05, 0.1) is 10.6 Å². The summed E-state index contributed by atoms with van der Waals surface area (Å²) >= 11 is 1.30. The fraction of sp³-hybridized carbons (Fsp3) is 0.208. The number of carbonyl (C=O) groups excluding carboxylic acids is 1. The van der Waals surface area contributed by atoms with Crippen LogP contribution < -0.4 is 19.8 Å². The first-order valence-corrected chi connectivity index (χ1v) is 10.7. The van der Waals surface area contributed by atoms with Crippen molar-refractivity contribution in [2.45, 2.75) is 19.9 Å². The molecule has 0 spiro atoms. The number of aromatic nitrogens is 1. The van der Waals surface area contributed by atoms with E-state index < -0.39 is 6.04 Å². The molecule has 7 heteroatoms. The lowest BCUT2D eigenvalue weighted by Gasteiger charge is -2.25. The number of aromatic hydroxyl groups is 1. The van der Waals surface area contributed by atoms with E-state index in [1.165, 1.54) is 18.3 Å². The Morgan fingerprint density at radius 3 is 2.35 bits per heavy atom. The van der Waals surface area contributed by atoms with Crippen LogP contribution in [0.4, 0.5) is 5.69 Å². The fourth-order valence-corrected chi connectivity index (χ4v) is 4.81. The number of ketones is 1. The number of rotatable bonds is 4. The average Bonchev–Trinajstić information content (AvgIpc) is 3.03. The van der Waals surface area contributed by atoms with E-state index in [0.717, 1.165) is 16.8 Å². The van der Waals surface area contributed by atoms with E-state index in [2.05, 4.69) is 4.99 Å². The van der Waals surface area contributed by atoms with Crippen molar-refractivity contribution in [1.29, 1.82) is 0 Å². The van der Waals surface area contributed by atoms with E-state index >= 15 is 0 Å². The van der Waals surface area contributed by atoms with Gasteiger partial charge in [0.15, 0.2) is 10.6 Å². The Kier molecular flexibility index (Phi) is 5.37. The van der Waals surface area contributed by atoms with Crippen LogP contribution >= 0.6 is 11.3 Å². The van der Waals surface area contributed by atoms with Gasteiger partial charge in [-0.2, -0.15) is 0 Å². The van der Waals surface area contributed by atoms with Crippen LogP contribution in [0.2, 0.25) is 0 Å². The number of nitrogens with zero attached hydrogens (tertiary/aromatic N) is 3. The maximum atomic E-state index is 13.4. The van der Waals surface area contributed by atoms with Crippen LogP contribution in [-0.2, 0) is 4.79 Å². The summed E-state index contributed by atoms with van der Waals surface area (Å²) in [6.07, 6.45) is 1.78. The van der Waals surface area contributed by atoms with E-state index in [0.29, 0.717) is 20.6 Å². The molecular formula is C24H23N3O3S. The summed E-state index contributed by atoms with van der Waals surface area (Å²) in [6.45, 7) is 3.33. The predicted molar refractivity (Wildman–Crippen MR) is 123 cm³/mol. The number of thiazole rings is 1.